The van der Waals surface area contributed by atoms with E-state index in [9.17, 15) is 14.4 Å². The van der Waals surface area contributed by atoms with Crippen molar-refractivity contribution in [2.45, 2.75) is 52.6 Å². The van der Waals surface area contributed by atoms with E-state index in [1.54, 1.807) is 11.3 Å². The van der Waals surface area contributed by atoms with Gasteiger partial charge in [0, 0.05) is 28.4 Å². The number of hydrogen-bond acceptors (Lipinski definition) is 4. The summed E-state index contributed by atoms with van der Waals surface area (Å²) in [5, 5.41) is 4.72. The molecule has 0 unspecified atom stereocenters. The number of aromatic nitrogens is 1. The molecule has 0 radical (unpaired) electrons. The molecule has 144 valence electrons. The van der Waals surface area contributed by atoms with Crippen LogP contribution in [0.15, 0.2) is 23.6 Å². The molecule has 27 heavy (non-hydrogen) atoms. The number of Topliss-reactive ketones (excluding diaryl/α,β-unsaturated/α-hetero) is 1. The second-order valence-electron chi connectivity index (χ2n) is 6.90. The number of carbonyl (C=O) groups excluding carboxylic acids is 3. The molecule has 1 N–H and O–H groups in total. The minimum atomic E-state index is -0.506. The molecular weight excluding hydrogens is 362 g/mol. The molecule has 2 aromatic rings. The van der Waals surface area contributed by atoms with E-state index in [4.69, 9.17) is 0 Å². The Bertz CT molecular complexity index is 854. The summed E-state index contributed by atoms with van der Waals surface area (Å²) in [6.45, 7) is 6.44. The molecule has 3 rings (SSSR count). The summed E-state index contributed by atoms with van der Waals surface area (Å²) in [7, 11) is 0. The van der Waals surface area contributed by atoms with Gasteiger partial charge in [-0.15, -0.1) is 11.3 Å². The van der Waals surface area contributed by atoms with Gasteiger partial charge in [0.1, 0.15) is 6.04 Å². The van der Waals surface area contributed by atoms with E-state index in [0.717, 1.165) is 35.7 Å². The van der Waals surface area contributed by atoms with Crippen molar-refractivity contribution in [2.75, 3.05) is 6.54 Å². The van der Waals surface area contributed by atoms with Crippen LogP contribution < -0.4 is 5.32 Å². The van der Waals surface area contributed by atoms with Gasteiger partial charge in [-0.1, -0.05) is 19.4 Å². The molecule has 7 heteroatoms. The first-order valence-corrected chi connectivity index (χ1v) is 10.1. The molecule has 0 bridgehead atoms. The van der Waals surface area contributed by atoms with Crippen molar-refractivity contribution in [1.82, 2.24) is 14.8 Å². The maximum atomic E-state index is 12.8. The van der Waals surface area contributed by atoms with Crippen LogP contribution in [0.25, 0.3) is 0 Å². The maximum Gasteiger partial charge on any atom is 0.325 e. The van der Waals surface area contributed by atoms with Gasteiger partial charge in [0.25, 0.3) is 5.91 Å². The third-order valence-electron chi connectivity index (χ3n) is 5.02. The van der Waals surface area contributed by atoms with E-state index in [0.29, 0.717) is 12.0 Å². The minimum Gasteiger partial charge on any atom is -0.348 e. The zero-order valence-electron chi connectivity index (χ0n) is 15.9. The van der Waals surface area contributed by atoms with Crippen LogP contribution in [-0.2, 0) is 17.8 Å². The Kier molecular flexibility index (Phi) is 5.79. The third kappa shape index (κ3) is 3.98. The lowest BCUT2D eigenvalue weighted by Crippen LogP contribution is -2.36. The van der Waals surface area contributed by atoms with Gasteiger partial charge in [-0.05, 0) is 44.2 Å². The molecule has 1 saturated heterocycles. The normalized spacial score (nSPS) is 16.9. The average Bonchev–Trinajstić information content (AvgIpc) is 3.31. The summed E-state index contributed by atoms with van der Waals surface area (Å²) in [6.07, 6.45) is 2.30. The molecule has 1 fully saturated rings. The number of nitrogens with one attached hydrogen (secondary N) is 1. The Morgan fingerprint density at radius 3 is 2.74 bits per heavy atom. The number of aryl methyl sites for hydroxylation is 2. The van der Waals surface area contributed by atoms with Gasteiger partial charge in [0.05, 0.1) is 6.54 Å². The molecule has 0 saturated carbocycles. The summed E-state index contributed by atoms with van der Waals surface area (Å²) < 4.78 is 2.12. The molecular formula is C20H25N3O3S. The standard InChI is InChI=1S/C20H25N3O3S/c1-4-6-17-19(25)23(20(26)21-17)12-18(24)16-11-13(2)22(14(16)3)9-8-15-7-5-10-27-15/h5,7,10-11,17H,4,6,8-9,12H2,1-3H3,(H,21,26)/t17-/m1/s1. The molecule has 0 spiro atoms. The SMILES string of the molecule is CCC[C@H]1NC(=O)N(CC(=O)c2cc(C)n(CCc3cccs3)c2C)C1=O. The van der Waals surface area contributed by atoms with Crippen molar-refractivity contribution in [1.29, 1.82) is 0 Å². The van der Waals surface area contributed by atoms with Crippen LogP contribution in [0, 0.1) is 13.8 Å². The average molecular weight is 388 g/mol. The Morgan fingerprint density at radius 2 is 2.07 bits per heavy atom. The summed E-state index contributed by atoms with van der Waals surface area (Å²) in [4.78, 5) is 39.6. The van der Waals surface area contributed by atoms with Crippen molar-refractivity contribution in [3.8, 4) is 0 Å². The second kappa shape index (κ2) is 8.08. The second-order valence-corrected chi connectivity index (χ2v) is 7.94. The number of thiophene rings is 1. The number of carbonyl (C=O) groups is 3. The molecule has 3 amide bonds. The highest BCUT2D eigenvalue weighted by Gasteiger charge is 2.38. The van der Waals surface area contributed by atoms with E-state index < -0.39 is 12.1 Å². The Morgan fingerprint density at radius 1 is 1.30 bits per heavy atom. The van der Waals surface area contributed by atoms with E-state index in [1.807, 2.05) is 32.9 Å². The van der Waals surface area contributed by atoms with Gasteiger partial charge in [0.2, 0.25) is 0 Å². The number of hydrogen-bond donors (Lipinski definition) is 1. The van der Waals surface area contributed by atoms with E-state index in [1.165, 1.54) is 4.88 Å². The van der Waals surface area contributed by atoms with Gasteiger partial charge in [-0.25, -0.2) is 4.79 Å². The summed E-state index contributed by atoms with van der Waals surface area (Å²) >= 11 is 1.72. The predicted octanol–water partition coefficient (Wildman–Crippen LogP) is 3.31. The van der Waals surface area contributed by atoms with Crippen LogP contribution in [0.1, 0.15) is 46.4 Å². The highest BCUT2D eigenvalue weighted by molar-refractivity contribution is 7.09. The lowest BCUT2D eigenvalue weighted by molar-refractivity contribution is -0.127. The first-order valence-electron chi connectivity index (χ1n) is 9.26. The number of ketones is 1. The van der Waals surface area contributed by atoms with Crippen LogP contribution >= 0.6 is 11.3 Å². The summed E-state index contributed by atoms with van der Waals surface area (Å²) in [5.74, 6) is -0.507. The Labute approximate surface area is 163 Å². The lowest BCUT2D eigenvalue weighted by Gasteiger charge is -2.12. The number of urea groups is 1. The van der Waals surface area contributed by atoms with E-state index in [-0.39, 0.29) is 18.2 Å². The van der Waals surface area contributed by atoms with Gasteiger partial charge < -0.3 is 9.88 Å². The molecule has 2 aromatic heterocycles. The molecule has 3 heterocycles. The van der Waals surface area contributed by atoms with Crippen molar-refractivity contribution >= 4 is 29.1 Å². The lowest BCUT2D eigenvalue weighted by atomic mass is 10.1. The Balaban J connectivity index is 1.71. The van der Waals surface area contributed by atoms with E-state index in [2.05, 4.69) is 21.3 Å². The molecule has 0 aromatic carbocycles. The zero-order valence-corrected chi connectivity index (χ0v) is 16.8. The number of amides is 3. The molecule has 1 aliphatic rings. The van der Waals surface area contributed by atoms with Gasteiger partial charge >= 0.3 is 6.03 Å². The predicted molar refractivity (Wildman–Crippen MR) is 105 cm³/mol. The quantitative estimate of drug-likeness (QED) is 0.558. The van der Waals surface area contributed by atoms with Crippen molar-refractivity contribution in [3.63, 3.8) is 0 Å². The third-order valence-corrected chi connectivity index (χ3v) is 5.96. The number of rotatable bonds is 8. The fraction of sp³-hybridized carbons (Fsp3) is 0.450. The molecule has 1 aliphatic heterocycles. The first-order chi connectivity index (χ1) is 12.9. The van der Waals surface area contributed by atoms with Gasteiger partial charge in [-0.2, -0.15) is 0 Å². The highest BCUT2D eigenvalue weighted by Crippen LogP contribution is 2.19. The molecule has 1 atom stereocenters. The van der Waals surface area contributed by atoms with Crippen LogP contribution in [0.3, 0.4) is 0 Å². The zero-order chi connectivity index (χ0) is 19.6. The fourth-order valence-corrected chi connectivity index (χ4v) is 4.24. The van der Waals surface area contributed by atoms with E-state index >= 15 is 0 Å². The number of imide groups is 1. The minimum absolute atomic E-state index is 0.203. The van der Waals surface area contributed by atoms with Crippen molar-refractivity contribution in [3.05, 3.63) is 45.4 Å². The Hall–Kier alpha value is -2.41. The van der Waals surface area contributed by atoms with Crippen LogP contribution in [0.4, 0.5) is 4.79 Å². The van der Waals surface area contributed by atoms with Crippen LogP contribution in [0.5, 0.6) is 0 Å². The fourth-order valence-electron chi connectivity index (χ4n) is 3.54. The molecule has 6 nitrogen and oxygen atoms in total. The summed E-state index contributed by atoms with van der Waals surface area (Å²) in [5.41, 5.74) is 2.47. The van der Waals surface area contributed by atoms with Crippen LogP contribution in [0.2, 0.25) is 0 Å². The summed E-state index contributed by atoms with van der Waals surface area (Å²) in [6, 6.07) is 5.02. The smallest absolute Gasteiger partial charge is 0.325 e. The largest absolute Gasteiger partial charge is 0.348 e. The number of nitrogens with zero attached hydrogens (tertiary/aromatic N) is 2. The van der Waals surface area contributed by atoms with Crippen LogP contribution in [-0.4, -0.2) is 39.8 Å². The molecule has 0 aliphatic carbocycles. The maximum absolute atomic E-state index is 12.8. The first kappa shape index (κ1) is 19.4. The highest BCUT2D eigenvalue weighted by atomic mass is 32.1. The van der Waals surface area contributed by atoms with Crippen molar-refractivity contribution < 1.29 is 14.4 Å². The van der Waals surface area contributed by atoms with Crippen molar-refractivity contribution in [2.24, 2.45) is 0 Å². The van der Waals surface area contributed by atoms with Gasteiger partial charge in [-0.3, -0.25) is 14.5 Å². The topological polar surface area (TPSA) is 71.4 Å². The monoisotopic (exact) mass is 387 g/mol. The van der Waals surface area contributed by atoms with Gasteiger partial charge in [0.15, 0.2) is 5.78 Å².